The first-order valence-corrected chi connectivity index (χ1v) is 3.40. The number of nitrogens with zero attached hydrogens (tertiary/aromatic N) is 2. The minimum absolute atomic E-state index is 0.533. The van der Waals surface area contributed by atoms with Crippen molar-refractivity contribution in [2.45, 2.75) is 0 Å². The molecule has 0 fully saturated rings. The summed E-state index contributed by atoms with van der Waals surface area (Å²) in [6, 6.07) is 8.62. The fourth-order valence-corrected chi connectivity index (χ4v) is 1.06. The summed E-state index contributed by atoms with van der Waals surface area (Å²) in [6.07, 6.45) is 1.87. The maximum Gasteiger partial charge on any atom is 0.124 e. The van der Waals surface area contributed by atoms with Crippen LogP contribution in [0.4, 0.5) is 0 Å². The quantitative estimate of drug-likeness (QED) is 0.476. The molecule has 0 amide bonds. The van der Waals surface area contributed by atoms with Gasteiger partial charge in [0.25, 0.3) is 0 Å². The lowest BCUT2D eigenvalue weighted by atomic mass is 10.3. The molecule has 0 bridgehead atoms. The second kappa shape index (κ2) is 2.36. The van der Waals surface area contributed by atoms with Crippen molar-refractivity contribution in [1.29, 1.82) is 0 Å². The van der Waals surface area contributed by atoms with Gasteiger partial charge in [0, 0.05) is 11.4 Å². The van der Waals surface area contributed by atoms with Gasteiger partial charge in [0.2, 0.25) is 0 Å². The second-order valence-electron chi connectivity index (χ2n) is 2.43. The summed E-state index contributed by atoms with van der Waals surface area (Å²) in [4.78, 5) is 4.21. The Labute approximate surface area is 64.4 Å². The molecule has 55 valence electrons. The van der Waals surface area contributed by atoms with Crippen molar-refractivity contribution in [3.63, 3.8) is 0 Å². The van der Waals surface area contributed by atoms with E-state index in [0.29, 0.717) is 6.67 Å². The van der Waals surface area contributed by atoms with Crippen molar-refractivity contribution in [1.82, 2.24) is 5.01 Å². The number of benzene rings is 1. The van der Waals surface area contributed by atoms with E-state index in [1.54, 1.807) is 5.01 Å². The summed E-state index contributed by atoms with van der Waals surface area (Å²) < 4.78 is 0. The number of fused-ring (bicyclic) bond motifs is 1. The van der Waals surface area contributed by atoms with E-state index < -0.39 is 0 Å². The summed E-state index contributed by atoms with van der Waals surface area (Å²) >= 11 is 0. The van der Waals surface area contributed by atoms with E-state index in [1.165, 1.54) is 0 Å². The van der Waals surface area contributed by atoms with Crippen molar-refractivity contribution >= 4 is 6.20 Å². The lowest BCUT2D eigenvalue weighted by Gasteiger charge is -2.12. The summed E-state index contributed by atoms with van der Waals surface area (Å²) in [7, 11) is 0. The molecule has 2 N–H and O–H groups in total. The van der Waals surface area contributed by atoms with E-state index in [9.17, 15) is 0 Å². The van der Waals surface area contributed by atoms with E-state index in [2.05, 4.69) is 11.1 Å². The Morgan fingerprint density at radius 3 is 3.45 bits per heavy atom. The predicted molar refractivity (Wildman–Crippen MR) is 41.4 cm³/mol. The van der Waals surface area contributed by atoms with E-state index in [1.807, 2.05) is 24.4 Å². The van der Waals surface area contributed by atoms with Gasteiger partial charge < -0.3 is 0 Å². The molecule has 1 radical (unpaired) electrons. The van der Waals surface area contributed by atoms with E-state index >= 15 is 0 Å². The van der Waals surface area contributed by atoms with Crippen molar-refractivity contribution in [3.05, 3.63) is 34.8 Å². The molecule has 0 saturated carbocycles. The van der Waals surface area contributed by atoms with Crippen LogP contribution in [-0.4, -0.2) is 11.7 Å². The van der Waals surface area contributed by atoms with Gasteiger partial charge in [-0.25, -0.2) is 5.84 Å². The van der Waals surface area contributed by atoms with E-state index in [4.69, 9.17) is 5.84 Å². The van der Waals surface area contributed by atoms with Gasteiger partial charge in [0.05, 0.1) is 5.36 Å². The molecule has 1 aromatic carbocycles. The zero-order valence-electron chi connectivity index (χ0n) is 5.99. The third kappa shape index (κ3) is 1.10. The molecule has 1 aliphatic heterocycles. The number of hydrogen-bond acceptors (Lipinski definition) is 3. The van der Waals surface area contributed by atoms with Crippen LogP contribution < -0.4 is 16.4 Å². The molecule has 3 heteroatoms. The van der Waals surface area contributed by atoms with Crippen LogP contribution in [0, 0.1) is 6.07 Å². The molecule has 0 spiro atoms. The first-order valence-electron chi connectivity index (χ1n) is 3.40. The molecule has 1 heterocycles. The molecule has 2 rings (SSSR count). The molecule has 0 atom stereocenters. The summed E-state index contributed by atoms with van der Waals surface area (Å²) in [5.74, 6) is 5.52. The zero-order chi connectivity index (χ0) is 7.68. The Bertz CT molecular complexity index is 369. The number of hydrogen-bond donors (Lipinski definition) is 1. The van der Waals surface area contributed by atoms with E-state index in [0.717, 1.165) is 10.6 Å². The lowest BCUT2D eigenvalue weighted by molar-refractivity contribution is 0.434. The average Bonchev–Trinajstić information content (AvgIpc) is 2.04. The zero-order valence-corrected chi connectivity index (χ0v) is 5.99. The smallest absolute Gasteiger partial charge is 0.124 e. The minimum Gasteiger partial charge on any atom is -0.296 e. The summed E-state index contributed by atoms with van der Waals surface area (Å²) in [6.45, 7) is 0.533. The fraction of sp³-hybridized carbons (Fsp3) is 0.125. The Morgan fingerprint density at radius 1 is 1.64 bits per heavy atom. The van der Waals surface area contributed by atoms with Gasteiger partial charge in [-0.1, -0.05) is 12.1 Å². The van der Waals surface area contributed by atoms with Gasteiger partial charge in [-0.2, -0.15) is 0 Å². The highest BCUT2D eigenvalue weighted by atomic mass is 15.4. The van der Waals surface area contributed by atoms with Gasteiger partial charge in [-0.05, 0) is 12.1 Å². The van der Waals surface area contributed by atoms with Crippen LogP contribution in [0.2, 0.25) is 0 Å². The third-order valence-electron chi connectivity index (χ3n) is 1.58. The van der Waals surface area contributed by atoms with Crippen LogP contribution in [0.1, 0.15) is 0 Å². The van der Waals surface area contributed by atoms with Crippen LogP contribution in [0.3, 0.4) is 0 Å². The Balaban J connectivity index is 2.73. The Kier molecular flexibility index (Phi) is 1.36. The SMILES string of the molecule is NN1C=c2cc[c]cc2=NC1. The largest absolute Gasteiger partial charge is 0.296 e. The highest BCUT2D eigenvalue weighted by Gasteiger charge is 1.95. The molecule has 0 aliphatic carbocycles. The van der Waals surface area contributed by atoms with Crippen LogP contribution in [0.5, 0.6) is 0 Å². The molecular formula is C8H8N3. The van der Waals surface area contributed by atoms with Gasteiger partial charge >= 0.3 is 0 Å². The minimum atomic E-state index is 0.533. The number of rotatable bonds is 0. The van der Waals surface area contributed by atoms with Crippen LogP contribution >= 0.6 is 0 Å². The van der Waals surface area contributed by atoms with Crippen molar-refractivity contribution in [3.8, 4) is 0 Å². The molecule has 0 aromatic heterocycles. The molecular weight excluding hydrogens is 138 g/mol. The second-order valence-corrected chi connectivity index (χ2v) is 2.43. The van der Waals surface area contributed by atoms with Crippen LogP contribution in [-0.2, 0) is 0 Å². The molecule has 0 unspecified atom stereocenters. The Morgan fingerprint density at radius 2 is 2.55 bits per heavy atom. The normalized spacial score (nSPS) is 14.8. The van der Waals surface area contributed by atoms with Crippen molar-refractivity contribution in [2.24, 2.45) is 10.8 Å². The number of nitrogens with two attached hydrogens (primary N) is 1. The fourth-order valence-electron chi connectivity index (χ4n) is 1.06. The van der Waals surface area contributed by atoms with E-state index in [-0.39, 0.29) is 0 Å². The monoisotopic (exact) mass is 146 g/mol. The molecule has 3 nitrogen and oxygen atoms in total. The predicted octanol–water partition coefficient (Wildman–Crippen LogP) is -1.01. The first kappa shape index (κ1) is 6.37. The summed E-state index contributed by atoms with van der Waals surface area (Å²) in [5.41, 5.74) is 0. The molecule has 11 heavy (non-hydrogen) atoms. The van der Waals surface area contributed by atoms with Gasteiger partial charge in [0.15, 0.2) is 0 Å². The maximum absolute atomic E-state index is 5.52. The molecule has 1 aliphatic rings. The third-order valence-corrected chi connectivity index (χ3v) is 1.58. The Hall–Kier alpha value is -1.35. The lowest BCUT2D eigenvalue weighted by Crippen LogP contribution is -2.38. The highest BCUT2D eigenvalue weighted by Crippen LogP contribution is 1.82. The maximum atomic E-state index is 5.52. The van der Waals surface area contributed by atoms with Crippen LogP contribution in [0.25, 0.3) is 6.20 Å². The van der Waals surface area contributed by atoms with Gasteiger partial charge in [0.1, 0.15) is 6.67 Å². The molecule has 1 aromatic rings. The van der Waals surface area contributed by atoms with Crippen molar-refractivity contribution < 1.29 is 0 Å². The summed E-state index contributed by atoms with van der Waals surface area (Å²) in [5, 5.41) is 3.58. The standard InChI is InChI=1S/C8H8N3/c9-11-5-7-3-1-2-4-8(7)10-6-11/h1,3-5H,6,9H2. The highest BCUT2D eigenvalue weighted by molar-refractivity contribution is 5.22. The van der Waals surface area contributed by atoms with Gasteiger partial charge in [-0.3, -0.25) is 10.0 Å². The van der Waals surface area contributed by atoms with Crippen LogP contribution in [0.15, 0.2) is 23.2 Å². The molecule has 0 saturated heterocycles. The first-order chi connectivity index (χ1) is 5.36. The average molecular weight is 146 g/mol. The topological polar surface area (TPSA) is 41.6 Å². The number of hydrazine groups is 1. The van der Waals surface area contributed by atoms with Gasteiger partial charge in [-0.15, -0.1) is 0 Å². The van der Waals surface area contributed by atoms with Crippen molar-refractivity contribution in [2.75, 3.05) is 6.67 Å².